The summed E-state index contributed by atoms with van der Waals surface area (Å²) in [5, 5.41) is 4.80. The molecule has 0 aromatic heterocycles. The van der Waals surface area contributed by atoms with Gasteiger partial charge in [-0.3, -0.25) is 0 Å². The van der Waals surface area contributed by atoms with Crippen molar-refractivity contribution in [2.45, 2.75) is 13.8 Å². The molecule has 1 nitrogen and oxygen atoms in total. The van der Waals surface area contributed by atoms with E-state index in [4.69, 9.17) is 34.8 Å². The first-order chi connectivity index (χ1) is 6.50. The van der Waals surface area contributed by atoms with E-state index in [-0.39, 0.29) is 0 Å². The summed E-state index contributed by atoms with van der Waals surface area (Å²) in [5.41, 5.74) is 0.828. The summed E-state index contributed by atoms with van der Waals surface area (Å²) in [4.78, 5) is 0. The molecule has 78 valence electrons. The highest BCUT2D eigenvalue weighted by Crippen LogP contribution is 2.32. The van der Waals surface area contributed by atoms with Gasteiger partial charge >= 0.3 is 0 Å². The molecule has 0 aliphatic carbocycles. The Hall–Kier alpha value is -0.110. The Morgan fingerprint density at radius 1 is 1.07 bits per heavy atom. The maximum Gasteiger partial charge on any atom is 0.0653 e. The van der Waals surface area contributed by atoms with E-state index in [9.17, 15) is 0 Å². The second kappa shape index (κ2) is 5.11. The van der Waals surface area contributed by atoms with Crippen molar-refractivity contribution in [3.8, 4) is 0 Å². The Kier molecular flexibility index (Phi) is 4.36. The fraction of sp³-hybridized carbons (Fsp3) is 0.400. The van der Waals surface area contributed by atoms with Gasteiger partial charge in [0.1, 0.15) is 0 Å². The van der Waals surface area contributed by atoms with Crippen molar-refractivity contribution >= 4 is 40.5 Å². The maximum absolute atomic E-state index is 5.98. The van der Waals surface area contributed by atoms with Crippen molar-refractivity contribution in [2.75, 3.05) is 11.9 Å². The molecule has 0 aliphatic heterocycles. The third-order valence-corrected chi connectivity index (χ3v) is 2.75. The Morgan fingerprint density at radius 2 is 1.64 bits per heavy atom. The highest BCUT2D eigenvalue weighted by molar-refractivity contribution is 6.44. The number of anilines is 1. The van der Waals surface area contributed by atoms with Crippen LogP contribution in [-0.2, 0) is 0 Å². The Bertz CT molecular complexity index is 323. The van der Waals surface area contributed by atoms with Crippen LogP contribution >= 0.6 is 34.8 Å². The first kappa shape index (κ1) is 12.0. The average Bonchev–Trinajstić information content (AvgIpc) is 2.09. The lowest BCUT2D eigenvalue weighted by Gasteiger charge is -2.11. The highest BCUT2D eigenvalue weighted by Gasteiger charge is 2.05. The number of rotatable bonds is 3. The molecule has 0 bridgehead atoms. The number of hydrogen-bond donors (Lipinski definition) is 1. The summed E-state index contributed by atoms with van der Waals surface area (Å²) in [7, 11) is 0. The van der Waals surface area contributed by atoms with Crippen molar-refractivity contribution in [1.29, 1.82) is 0 Å². The van der Waals surface area contributed by atoms with Crippen LogP contribution in [0.15, 0.2) is 12.1 Å². The summed E-state index contributed by atoms with van der Waals surface area (Å²) < 4.78 is 0. The lowest BCUT2D eigenvalue weighted by atomic mass is 10.2. The lowest BCUT2D eigenvalue weighted by molar-refractivity contribution is 0.689. The van der Waals surface area contributed by atoms with Crippen LogP contribution in [0.4, 0.5) is 5.69 Å². The molecule has 1 aromatic carbocycles. The second-order valence-corrected chi connectivity index (χ2v) is 4.74. The number of nitrogens with one attached hydrogen (secondary N) is 1. The minimum absolute atomic E-state index is 0.478. The SMILES string of the molecule is CC(C)CNc1cc(Cl)c(Cl)cc1Cl. The Morgan fingerprint density at radius 3 is 2.21 bits per heavy atom. The number of benzene rings is 1. The van der Waals surface area contributed by atoms with E-state index >= 15 is 0 Å². The quantitative estimate of drug-likeness (QED) is 0.768. The zero-order valence-electron chi connectivity index (χ0n) is 8.07. The van der Waals surface area contributed by atoms with Crippen LogP contribution in [0.1, 0.15) is 13.8 Å². The molecule has 0 fully saturated rings. The third kappa shape index (κ3) is 3.23. The van der Waals surface area contributed by atoms with Crippen LogP contribution in [0, 0.1) is 5.92 Å². The molecule has 0 radical (unpaired) electrons. The van der Waals surface area contributed by atoms with Gasteiger partial charge in [-0.2, -0.15) is 0 Å². The molecule has 1 N–H and O–H groups in total. The standard InChI is InChI=1S/C10H12Cl3N/c1-6(2)5-14-10-4-8(12)7(11)3-9(10)13/h3-4,6,14H,5H2,1-2H3. The largest absolute Gasteiger partial charge is 0.384 e. The van der Waals surface area contributed by atoms with E-state index in [1.165, 1.54) is 0 Å². The van der Waals surface area contributed by atoms with Crippen molar-refractivity contribution in [2.24, 2.45) is 5.92 Å². The summed E-state index contributed by atoms with van der Waals surface area (Å²) in [5.74, 6) is 0.556. The van der Waals surface area contributed by atoms with Crippen LogP contribution < -0.4 is 5.32 Å². The van der Waals surface area contributed by atoms with Crippen LogP contribution in [0.5, 0.6) is 0 Å². The molecule has 14 heavy (non-hydrogen) atoms. The molecular formula is C10H12Cl3N. The average molecular weight is 253 g/mol. The summed E-state index contributed by atoms with van der Waals surface area (Å²) in [6, 6.07) is 3.39. The van der Waals surface area contributed by atoms with Gasteiger partial charge in [0.2, 0.25) is 0 Å². The lowest BCUT2D eigenvalue weighted by Crippen LogP contribution is -2.08. The van der Waals surface area contributed by atoms with Crippen LogP contribution in [0.2, 0.25) is 15.1 Å². The van der Waals surface area contributed by atoms with E-state index in [1.54, 1.807) is 12.1 Å². The zero-order chi connectivity index (χ0) is 10.7. The zero-order valence-corrected chi connectivity index (χ0v) is 10.3. The second-order valence-electron chi connectivity index (χ2n) is 3.52. The maximum atomic E-state index is 5.98. The predicted octanol–water partition coefficient (Wildman–Crippen LogP) is 4.71. The van der Waals surface area contributed by atoms with Gasteiger partial charge in [0.15, 0.2) is 0 Å². The third-order valence-electron chi connectivity index (χ3n) is 1.71. The van der Waals surface area contributed by atoms with Crippen molar-refractivity contribution in [3.05, 3.63) is 27.2 Å². The Balaban J connectivity index is 2.82. The van der Waals surface area contributed by atoms with Gasteiger partial charge in [-0.1, -0.05) is 48.7 Å². The Labute approximate surface area is 99.4 Å². The highest BCUT2D eigenvalue weighted by atomic mass is 35.5. The summed E-state index contributed by atoms with van der Waals surface area (Å²) in [6.07, 6.45) is 0. The topological polar surface area (TPSA) is 12.0 Å². The van der Waals surface area contributed by atoms with Gasteiger partial charge in [-0.05, 0) is 18.1 Å². The number of halogens is 3. The van der Waals surface area contributed by atoms with Gasteiger partial charge in [-0.15, -0.1) is 0 Å². The minimum atomic E-state index is 0.478. The molecular weight excluding hydrogens is 240 g/mol. The summed E-state index contributed by atoms with van der Waals surface area (Å²) in [6.45, 7) is 5.11. The fourth-order valence-corrected chi connectivity index (χ4v) is 1.59. The molecule has 0 atom stereocenters. The predicted molar refractivity (Wildman–Crippen MR) is 64.8 cm³/mol. The van der Waals surface area contributed by atoms with Gasteiger partial charge in [0.05, 0.1) is 20.8 Å². The van der Waals surface area contributed by atoms with Gasteiger partial charge in [0, 0.05) is 6.54 Å². The molecule has 0 unspecified atom stereocenters. The van der Waals surface area contributed by atoms with Gasteiger partial charge in [0.25, 0.3) is 0 Å². The van der Waals surface area contributed by atoms with E-state index in [1.807, 2.05) is 0 Å². The molecule has 0 heterocycles. The van der Waals surface area contributed by atoms with Crippen LogP contribution in [0.3, 0.4) is 0 Å². The molecule has 0 aliphatic rings. The monoisotopic (exact) mass is 251 g/mol. The first-order valence-electron chi connectivity index (χ1n) is 4.39. The van der Waals surface area contributed by atoms with E-state index in [2.05, 4.69) is 19.2 Å². The molecule has 1 aromatic rings. The van der Waals surface area contributed by atoms with Crippen molar-refractivity contribution < 1.29 is 0 Å². The molecule has 0 amide bonds. The number of hydrogen-bond acceptors (Lipinski definition) is 1. The van der Waals surface area contributed by atoms with Crippen molar-refractivity contribution in [1.82, 2.24) is 0 Å². The molecule has 0 saturated carbocycles. The molecule has 0 spiro atoms. The minimum Gasteiger partial charge on any atom is -0.384 e. The van der Waals surface area contributed by atoms with Gasteiger partial charge < -0.3 is 5.32 Å². The van der Waals surface area contributed by atoms with E-state index in [0.717, 1.165) is 12.2 Å². The van der Waals surface area contributed by atoms with Crippen LogP contribution in [-0.4, -0.2) is 6.54 Å². The fourth-order valence-electron chi connectivity index (χ4n) is 0.972. The normalized spacial score (nSPS) is 10.7. The van der Waals surface area contributed by atoms with Crippen molar-refractivity contribution in [3.63, 3.8) is 0 Å². The summed E-state index contributed by atoms with van der Waals surface area (Å²) >= 11 is 17.7. The smallest absolute Gasteiger partial charge is 0.0653 e. The van der Waals surface area contributed by atoms with Gasteiger partial charge in [-0.25, -0.2) is 0 Å². The molecule has 1 rings (SSSR count). The molecule has 4 heteroatoms. The van der Waals surface area contributed by atoms with E-state index < -0.39 is 0 Å². The molecule has 0 saturated heterocycles. The van der Waals surface area contributed by atoms with Crippen LogP contribution in [0.25, 0.3) is 0 Å². The first-order valence-corrected chi connectivity index (χ1v) is 5.52. The van der Waals surface area contributed by atoms with E-state index in [0.29, 0.717) is 21.0 Å².